The van der Waals surface area contributed by atoms with E-state index in [1.807, 2.05) is 33.1 Å². The summed E-state index contributed by atoms with van der Waals surface area (Å²) in [6, 6.07) is -0.607. The highest BCUT2D eigenvalue weighted by Crippen LogP contribution is 2.21. The van der Waals surface area contributed by atoms with Crippen molar-refractivity contribution in [2.24, 2.45) is 11.7 Å². The number of rotatable bonds is 9. The Balaban J connectivity index is 2.48. The van der Waals surface area contributed by atoms with Crippen LogP contribution >= 0.6 is 11.3 Å². The second kappa shape index (κ2) is 9.71. The number of likely N-dealkylation sites (N-methyl/N-ethyl adjacent to an activating group) is 1. The summed E-state index contributed by atoms with van der Waals surface area (Å²) in [5.74, 6) is -0.474. The second-order valence-electron chi connectivity index (χ2n) is 6.01. The van der Waals surface area contributed by atoms with Crippen LogP contribution in [0, 0.1) is 5.92 Å². The Morgan fingerprint density at radius 1 is 1.42 bits per heavy atom. The van der Waals surface area contributed by atoms with E-state index in [9.17, 15) is 9.59 Å². The Bertz CT molecular complexity index is 547. The number of hydrogen-bond acceptors (Lipinski definition) is 6. The molecule has 136 valence electrons. The molecule has 0 radical (unpaired) electrons. The van der Waals surface area contributed by atoms with Gasteiger partial charge < -0.3 is 20.7 Å². The maximum absolute atomic E-state index is 12.1. The third kappa shape index (κ3) is 6.18. The lowest BCUT2D eigenvalue weighted by Crippen LogP contribution is -2.47. The number of carbonyl (C=O) groups is 2. The van der Waals surface area contributed by atoms with E-state index in [2.05, 4.69) is 10.3 Å². The molecule has 3 N–H and O–H groups in total. The molecule has 24 heavy (non-hydrogen) atoms. The number of aromatic nitrogens is 1. The number of carbonyl (C=O) groups excluding carboxylic acids is 2. The van der Waals surface area contributed by atoms with Crippen molar-refractivity contribution in [1.82, 2.24) is 15.2 Å². The van der Waals surface area contributed by atoms with Crippen LogP contribution in [-0.4, -0.2) is 47.9 Å². The van der Waals surface area contributed by atoms with Crippen molar-refractivity contribution in [3.8, 4) is 0 Å². The van der Waals surface area contributed by atoms with Gasteiger partial charge in [-0.25, -0.2) is 4.98 Å². The summed E-state index contributed by atoms with van der Waals surface area (Å²) in [4.78, 5) is 29.9. The molecule has 0 spiro atoms. The number of nitrogens with zero attached hydrogens (tertiary/aromatic N) is 2. The smallest absolute Gasteiger partial charge is 0.242 e. The van der Waals surface area contributed by atoms with Crippen molar-refractivity contribution in [3.63, 3.8) is 0 Å². The maximum atomic E-state index is 12.1. The lowest BCUT2D eigenvalue weighted by Gasteiger charge is -2.18. The molecule has 0 aliphatic rings. The first-order valence-electron chi connectivity index (χ1n) is 8.09. The highest BCUT2D eigenvalue weighted by atomic mass is 32.1. The zero-order chi connectivity index (χ0) is 18.3. The predicted octanol–water partition coefficient (Wildman–Crippen LogP) is 1.30. The third-order valence-electron chi connectivity index (χ3n) is 3.59. The summed E-state index contributed by atoms with van der Waals surface area (Å²) < 4.78 is 5.51. The predicted molar refractivity (Wildman–Crippen MR) is 94.5 cm³/mol. The van der Waals surface area contributed by atoms with Gasteiger partial charge in [-0.05, 0) is 19.8 Å². The molecular formula is C16H28N4O3S. The van der Waals surface area contributed by atoms with E-state index in [4.69, 9.17) is 10.5 Å². The van der Waals surface area contributed by atoms with Crippen LogP contribution in [0.25, 0.3) is 0 Å². The number of ether oxygens (including phenoxy) is 1. The molecule has 1 rings (SSSR count). The summed E-state index contributed by atoms with van der Waals surface area (Å²) in [6.45, 7) is 8.57. The van der Waals surface area contributed by atoms with Gasteiger partial charge in [0, 0.05) is 19.0 Å². The standard InChI is InChI=1S/C16H28N4O3S/c1-6-23-11(4)16-19-12(9-24-16)8-20(5)13(21)7-18-15(22)14(17)10(2)3/h9-11,14H,6-8,17H2,1-5H3,(H,18,22)/t11?,14-/m0/s1. The Hall–Kier alpha value is -1.51. The minimum atomic E-state index is -0.607. The molecule has 2 atom stereocenters. The second-order valence-corrected chi connectivity index (χ2v) is 6.90. The van der Waals surface area contributed by atoms with Crippen molar-refractivity contribution in [2.45, 2.75) is 46.4 Å². The first-order valence-corrected chi connectivity index (χ1v) is 8.97. The zero-order valence-corrected chi connectivity index (χ0v) is 15.9. The molecule has 0 aromatic carbocycles. The van der Waals surface area contributed by atoms with Gasteiger partial charge in [0.25, 0.3) is 0 Å². The molecule has 0 aliphatic heterocycles. The van der Waals surface area contributed by atoms with Crippen molar-refractivity contribution in [1.29, 1.82) is 0 Å². The number of nitrogens with two attached hydrogens (primary N) is 1. The minimum absolute atomic E-state index is 0.0265. The van der Waals surface area contributed by atoms with Crippen LogP contribution in [0.4, 0.5) is 0 Å². The average molecular weight is 356 g/mol. The van der Waals surface area contributed by atoms with Crippen LogP contribution in [-0.2, 0) is 20.9 Å². The van der Waals surface area contributed by atoms with Gasteiger partial charge in [-0.2, -0.15) is 0 Å². The van der Waals surface area contributed by atoms with Gasteiger partial charge in [0.05, 0.1) is 24.8 Å². The maximum Gasteiger partial charge on any atom is 0.242 e. The fourth-order valence-electron chi connectivity index (χ4n) is 1.95. The molecule has 1 heterocycles. The van der Waals surface area contributed by atoms with E-state index >= 15 is 0 Å². The third-order valence-corrected chi connectivity index (χ3v) is 4.65. The lowest BCUT2D eigenvalue weighted by atomic mass is 10.1. The summed E-state index contributed by atoms with van der Waals surface area (Å²) in [6.07, 6.45) is -0.0495. The van der Waals surface area contributed by atoms with Crippen LogP contribution in [0.1, 0.15) is 44.5 Å². The molecule has 0 fully saturated rings. The van der Waals surface area contributed by atoms with Crippen LogP contribution < -0.4 is 11.1 Å². The Morgan fingerprint density at radius 2 is 2.08 bits per heavy atom. The highest BCUT2D eigenvalue weighted by Gasteiger charge is 2.19. The molecule has 0 aliphatic carbocycles. The van der Waals surface area contributed by atoms with Gasteiger partial charge in [-0.3, -0.25) is 9.59 Å². The molecule has 1 aromatic heterocycles. The first-order chi connectivity index (χ1) is 11.3. The number of hydrogen-bond donors (Lipinski definition) is 2. The van der Waals surface area contributed by atoms with E-state index in [1.165, 1.54) is 16.2 Å². The highest BCUT2D eigenvalue weighted by molar-refractivity contribution is 7.09. The molecular weight excluding hydrogens is 328 g/mol. The zero-order valence-electron chi connectivity index (χ0n) is 15.0. The monoisotopic (exact) mass is 356 g/mol. The van der Waals surface area contributed by atoms with Crippen LogP contribution in [0.3, 0.4) is 0 Å². The first kappa shape index (κ1) is 20.5. The number of nitrogens with one attached hydrogen (secondary N) is 1. The quantitative estimate of drug-likeness (QED) is 0.695. The van der Waals surface area contributed by atoms with Crippen LogP contribution in [0.2, 0.25) is 0 Å². The van der Waals surface area contributed by atoms with Gasteiger partial charge in [0.15, 0.2) is 0 Å². The molecule has 0 saturated heterocycles. The number of amides is 2. The van der Waals surface area contributed by atoms with E-state index in [0.29, 0.717) is 13.2 Å². The summed E-state index contributed by atoms with van der Waals surface area (Å²) in [7, 11) is 1.68. The van der Waals surface area contributed by atoms with E-state index in [-0.39, 0.29) is 30.4 Å². The van der Waals surface area contributed by atoms with E-state index in [0.717, 1.165) is 10.7 Å². The summed E-state index contributed by atoms with van der Waals surface area (Å²) in [5, 5.41) is 5.39. The minimum Gasteiger partial charge on any atom is -0.372 e. The van der Waals surface area contributed by atoms with Crippen molar-refractivity contribution in [3.05, 3.63) is 16.1 Å². The molecule has 7 nitrogen and oxygen atoms in total. The SMILES string of the molecule is CCOC(C)c1nc(CN(C)C(=O)CNC(=O)[C@@H](N)C(C)C)cs1. The Kier molecular flexibility index (Phi) is 8.30. The summed E-state index contributed by atoms with van der Waals surface area (Å²) >= 11 is 1.52. The van der Waals surface area contributed by atoms with Gasteiger partial charge in [-0.1, -0.05) is 13.8 Å². The van der Waals surface area contributed by atoms with Crippen LogP contribution in [0.15, 0.2) is 5.38 Å². The molecule has 0 bridgehead atoms. The topological polar surface area (TPSA) is 97.5 Å². The molecule has 8 heteroatoms. The van der Waals surface area contributed by atoms with Crippen molar-refractivity contribution >= 4 is 23.2 Å². The lowest BCUT2D eigenvalue weighted by molar-refractivity contribution is -0.132. The normalized spacial score (nSPS) is 13.6. The molecule has 2 amide bonds. The summed E-state index contributed by atoms with van der Waals surface area (Å²) in [5.41, 5.74) is 6.55. The van der Waals surface area contributed by atoms with Crippen molar-refractivity contribution in [2.75, 3.05) is 20.2 Å². The fourth-order valence-corrected chi connectivity index (χ4v) is 2.77. The van der Waals surface area contributed by atoms with Gasteiger partial charge in [0.1, 0.15) is 11.1 Å². The fraction of sp³-hybridized carbons (Fsp3) is 0.688. The van der Waals surface area contributed by atoms with Crippen LogP contribution in [0.5, 0.6) is 0 Å². The van der Waals surface area contributed by atoms with Gasteiger partial charge in [-0.15, -0.1) is 11.3 Å². The average Bonchev–Trinajstić information content (AvgIpc) is 3.00. The van der Waals surface area contributed by atoms with E-state index < -0.39 is 6.04 Å². The molecule has 0 saturated carbocycles. The Labute approximate surface area is 147 Å². The van der Waals surface area contributed by atoms with Crippen molar-refractivity contribution < 1.29 is 14.3 Å². The largest absolute Gasteiger partial charge is 0.372 e. The van der Waals surface area contributed by atoms with Gasteiger partial charge >= 0.3 is 0 Å². The molecule has 1 aromatic rings. The van der Waals surface area contributed by atoms with E-state index in [1.54, 1.807) is 7.05 Å². The molecule has 1 unspecified atom stereocenters. The number of thiazole rings is 1. The van der Waals surface area contributed by atoms with Gasteiger partial charge in [0.2, 0.25) is 11.8 Å². The Morgan fingerprint density at radius 3 is 2.67 bits per heavy atom.